The third-order valence-electron chi connectivity index (χ3n) is 5.74. The quantitative estimate of drug-likeness (QED) is 0.264. The van der Waals surface area contributed by atoms with Crippen LogP contribution < -0.4 is 14.8 Å². The molecule has 0 saturated carbocycles. The maximum Gasteiger partial charge on any atom is 0.280 e. The molecule has 5 aromatic rings. The van der Waals surface area contributed by atoms with Crippen LogP contribution in [0.2, 0.25) is 0 Å². The van der Waals surface area contributed by atoms with Gasteiger partial charge in [0.2, 0.25) is 0 Å². The number of carbonyl (C=O) groups excluding carboxylic acids is 1. The first-order valence-corrected chi connectivity index (χ1v) is 12.1. The zero-order valence-corrected chi connectivity index (χ0v) is 20.4. The Kier molecular flexibility index (Phi) is 7.83. The largest absolute Gasteiger partial charge is 0.497 e. The lowest BCUT2D eigenvalue weighted by atomic mass is 10.0. The Morgan fingerprint density at radius 2 is 1.89 bits per heavy atom. The van der Waals surface area contributed by atoms with E-state index in [-0.39, 0.29) is 25.2 Å². The topological polar surface area (TPSA) is 78.3 Å². The third kappa shape index (κ3) is 5.62. The van der Waals surface area contributed by atoms with Gasteiger partial charge in [-0.25, -0.2) is 14.1 Å². The van der Waals surface area contributed by atoms with Crippen LogP contribution >= 0.6 is 11.3 Å². The SMILES string of the molecule is C.COc1cccc([C@@H](Oc2ccc3c(cnn3-c3ccc(F)cc3)c2)[C@H](C)NC(=O)c2nccs2)c1. The number of methoxy groups -OCH3 is 1. The van der Waals surface area contributed by atoms with E-state index in [0.29, 0.717) is 16.5 Å². The van der Waals surface area contributed by atoms with Gasteiger partial charge < -0.3 is 14.8 Å². The van der Waals surface area contributed by atoms with Gasteiger partial charge in [0.25, 0.3) is 5.91 Å². The number of carbonyl (C=O) groups is 1. The Morgan fingerprint density at radius 1 is 1.08 bits per heavy atom. The first kappa shape index (κ1) is 25.8. The highest BCUT2D eigenvalue weighted by Gasteiger charge is 2.25. The van der Waals surface area contributed by atoms with Crippen molar-refractivity contribution in [2.45, 2.75) is 26.5 Å². The van der Waals surface area contributed by atoms with Gasteiger partial charge in [-0.05, 0) is 67.1 Å². The second-order valence-corrected chi connectivity index (χ2v) is 9.06. The third-order valence-corrected chi connectivity index (χ3v) is 6.51. The molecule has 0 aliphatic carbocycles. The number of nitrogens with zero attached hydrogens (tertiary/aromatic N) is 3. The number of thiazole rings is 1. The fourth-order valence-electron chi connectivity index (χ4n) is 3.98. The fourth-order valence-corrected chi connectivity index (χ4v) is 4.51. The number of hydrogen-bond donors (Lipinski definition) is 1. The lowest BCUT2D eigenvalue weighted by Crippen LogP contribution is -2.39. The molecule has 9 heteroatoms. The van der Waals surface area contributed by atoms with Gasteiger partial charge in [-0.3, -0.25) is 4.79 Å². The highest BCUT2D eigenvalue weighted by atomic mass is 32.1. The van der Waals surface area contributed by atoms with Crippen molar-refractivity contribution < 1.29 is 18.7 Å². The van der Waals surface area contributed by atoms with Crippen LogP contribution in [0.4, 0.5) is 4.39 Å². The first-order chi connectivity index (χ1) is 17.5. The van der Waals surface area contributed by atoms with Crippen molar-refractivity contribution in [3.05, 3.63) is 101 Å². The van der Waals surface area contributed by atoms with E-state index in [4.69, 9.17) is 9.47 Å². The van der Waals surface area contributed by atoms with Crippen molar-refractivity contribution in [2.75, 3.05) is 7.11 Å². The van der Waals surface area contributed by atoms with E-state index in [1.807, 2.05) is 49.4 Å². The minimum Gasteiger partial charge on any atom is -0.497 e. The maximum atomic E-state index is 13.3. The molecule has 0 radical (unpaired) electrons. The molecule has 0 saturated heterocycles. The molecule has 5 rings (SSSR count). The number of hydrogen-bond acceptors (Lipinski definition) is 6. The van der Waals surface area contributed by atoms with Crippen molar-refractivity contribution in [3.63, 3.8) is 0 Å². The molecule has 2 atom stereocenters. The van der Waals surface area contributed by atoms with Crippen molar-refractivity contribution in [2.24, 2.45) is 0 Å². The zero-order chi connectivity index (χ0) is 25.1. The second kappa shape index (κ2) is 11.2. The molecule has 0 spiro atoms. The van der Waals surface area contributed by atoms with E-state index in [9.17, 15) is 9.18 Å². The predicted molar refractivity (Wildman–Crippen MR) is 143 cm³/mol. The van der Waals surface area contributed by atoms with Gasteiger partial charge >= 0.3 is 0 Å². The molecule has 37 heavy (non-hydrogen) atoms. The molecule has 0 aliphatic rings. The van der Waals surface area contributed by atoms with Gasteiger partial charge in [-0.1, -0.05) is 19.6 Å². The predicted octanol–water partition coefficient (Wildman–Crippen LogP) is 6.20. The summed E-state index contributed by atoms with van der Waals surface area (Å²) >= 11 is 1.28. The molecule has 190 valence electrons. The summed E-state index contributed by atoms with van der Waals surface area (Å²) in [7, 11) is 1.61. The summed E-state index contributed by atoms with van der Waals surface area (Å²) in [5.41, 5.74) is 2.47. The van der Waals surface area contributed by atoms with Crippen LogP contribution in [-0.2, 0) is 0 Å². The molecule has 0 aliphatic heterocycles. The number of ether oxygens (including phenoxy) is 2. The normalized spacial score (nSPS) is 12.4. The molecule has 0 fully saturated rings. The number of benzene rings is 3. The number of amides is 1. The Labute approximate surface area is 218 Å². The molecule has 2 aromatic heterocycles. The Bertz CT molecular complexity index is 1490. The van der Waals surface area contributed by atoms with Crippen molar-refractivity contribution in [3.8, 4) is 17.2 Å². The Balaban J connectivity index is 0.00000320. The van der Waals surface area contributed by atoms with Crippen molar-refractivity contribution in [1.29, 1.82) is 0 Å². The molecule has 1 amide bonds. The van der Waals surface area contributed by atoms with E-state index >= 15 is 0 Å². The molecular weight excluding hydrogens is 491 g/mol. The van der Waals surface area contributed by atoms with Crippen molar-refractivity contribution >= 4 is 28.1 Å². The van der Waals surface area contributed by atoms with Crippen LogP contribution in [0.3, 0.4) is 0 Å². The number of fused-ring (bicyclic) bond motifs is 1. The first-order valence-electron chi connectivity index (χ1n) is 11.3. The van der Waals surface area contributed by atoms with Crippen molar-refractivity contribution in [1.82, 2.24) is 20.1 Å². The van der Waals surface area contributed by atoms with Gasteiger partial charge in [-0.2, -0.15) is 5.10 Å². The summed E-state index contributed by atoms with van der Waals surface area (Å²) in [5, 5.41) is 10.5. The average Bonchev–Trinajstić information content (AvgIpc) is 3.58. The van der Waals surface area contributed by atoms with Gasteiger partial charge in [0.15, 0.2) is 5.01 Å². The van der Waals surface area contributed by atoms with Crippen LogP contribution in [-0.4, -0.2) is 33.8 Å². The minimum atomic E-state index is -0.506. The molecule has 2 heterocycles. The second-order valence-electron chi connectivity index (χ2n) is 8.17. The number of aromatic nitrogens is 3. The van der Waals surface area contributed by atoms with Crippen LogP contribution in [0.5, 0.6) is 11.5 Å². The summed E-state index contributed by atoms with van der Waals surface area (Å²) in [4.78, 5) is 16.8. The zero-order valence-electron chi connectivity index (χ0n) is 19.6. The standard InChI is InChI=1S/C27H23FN4O3S.CH4/c1-17(31-26(33)27-29-12-13-36-27)25(18-4-3-5-22(14-18)34-2)35-23-10-11-24-19(15-23)16-30-32(24)21-8-6-20(28)7-9-21;/h3-17,25H,1-2H3,(H,31,33);1H4/t17-,25-;/m0./s1. The summed E-state index contributed by atoms with van der Waals surface area (Å²) in [5.74, 6) is 0.746. The highest BCUT2D eigenvalue weighted by Crippen LogP contribution is 2.30. The molecular formula is C28H27FN4O3S. The summed E-state index contributed by atoms with van der Waals surface area (Å²) in [6.45, 7) is 1.89. The highest BCUT2D eigenvalue weighted by molar-refractivity contribution is 7.11. The number of nitrogens with one attached hydrogen (secondary N) is 1. The fraction of sp³-hybridized carbons (Fsp3) is 0.179. The Morgan fingerprint density at radius 3 is 2.62 bits per heavy atom. The van der Waals surface area contributed by atoms with Gasteiger partial charge in [0.1, 0.15) is 23.4 Å². The average molecular weight is 519 g/mol. The maximum absolute atomic E-state index is 13.3. The smallest absolute Gasteiger partial charge is 0.280 e. The van der Waals surface area contributed by atoms with E-state index in [1.54, 1.807) is 41.7 Å². The van der Waals surface area contributed by atoms with E-state index in [0.717, 1.165) is 22.2 Å². The Hall–Kier alpha value is -4.24. The molecule has 7 nitrogen and oxygen atoms in total. The number of rotatable bonds is 8. The van der Waals surface area contributed by atoms with Gasteiger partial charge in [-0.15, -0.1) is 11.3 Å². The van der Waals surface area contributed by atoms with E-state index in [1.165, 1.54) is 23.5 Å². The van der Waals surface area contributed by atoms with Crippen LogP contribution in [0, 0.1) is 5.82 Å². The summed E-state index contributed by atoms with van der Waals surface area (Å²) in [6.07, 6.45) is 2.83. The monoisotopic (exact) mass is 518 g/mol. The summed E-state index contributed by atoms with van der Waals surface area (Å²) < 4.78 is 26.9. The lowest BCUT2D eigenvalue weighted by Gasteiger charge is -2.26. The molecule has 0 unspecified atom stereocenters. The van der Waals surface area contributed by atoms with Gasteiger partial charge in [0.05, 0.1) is 30.6 Å². The lowest BCUT2D eigenvalue weighted by molar-refractivity contribution is 0.0881. The van der Waals surface area contributed by atoms with E-state index < -0.39 is 6.10 Å². The van der Waals surface area contributed by atoms with Crippen LogP contribution in [0.15, 0.2) is 84.5 Å². The summed E-state index contributed by atoms with van der Waals surface area (Å²) in [6, 6.07) is 19.0. The van der Waals surface area contributed by atoms with Crippen LogP contribution in [0.1, 0.15) is 35.8 Å². The van der Waals surface area contributed by atoms with Crippen LogP contribution in [0.25, 0.3) is 16.6 Å². The molecule has 3 aromatic carbocycles. The van der Waals surface area contributed by atoms with E-state index in [2.05, 4.69) is 15.4 Å². The molecule has 0 bridgehead atoms. The minimum absolute atomic E-state index is 0. The molecule has 1 N–H and O–H groups in total. The number of halogens is 1. The van der Waals surface area contributed by atoms with Gasteiger partial charge in [0, 0.05) is 17.0 Å².